The van der Waals surface area contributed by atoms with E-state index in [-0.39, 0.29) is 5.82 Å². The Bertz CT molecular complexity index is 782. The first-order valence-electron chi connectivity index (χ1n) is 12.9. The third kappa shape index (κ3) is 6.64. The van der Waals surface area contributed by atoms with Gasteiger partial charge in [0, 0.05) is 11.8 Å². The number of pyridine rings is 1. The van der Waals surface area contributed by atoms with Crippen molar-refractivity contribution in [3.63, 3.8) is 0 Å². The summed E-state index contributed by atoms with van der Waals surface area (Å²) in [5, 5.41) is 0. The molecule has 1 aromatic heterocycles. The minimum Gasteiger partial charge on any atom is -0.256 e. The summed E-state index contributed by atoms with van der Waals surface area (Å²) in [6.45, 7) is 6.76. The summed E-state index contributed by atoms with van der Waals surface area (Å²) in [5.74, 6) is 2.45. The van der Waals surface area contributed by atoms with Gasteiger partial charge in [-0.1, -0.05) is 84.3 Å². The van der Waals surface area contributed by atoms with Crippen LogP contribution in [0.2, 0.25) is 0 Å². The van der Waals surface area contributed by atoms with Gasteiger partial charge in [-0.15, -0.1) is 0 Å². The number of hydrogen-bond donors (Lipinski definition) is 0. The maximum Gasteiger partial charge on any atom is 0.132 e. The second-order valence-electron chi connectivity index (χ2n) is 9.66. The van der Waals surface area contributed by atoms with Crippen molar-refractivity contribution in [2.75, 3.05) is 0 Å². The van der Waals surface area contributed by atoms with E-state index in [0.29, 0.717) is 5.56 Å². The van der Waals surface area contributed by atoms with Crippen LogP contribution in [0.15, 0.2) is 36.5 Å². The SMILES string of the molecule is CCCCC(CCC)[C@@H]1CCCC[C@H]1CCc1ccc(-c2ccc(CC)cn2)c(F)c1. The highest BCUT2D eigenvalue weighted by molar-refractivity contribution is 5.60. The molecule has 1 nitrogen and oxygen atoms in total. The van der Waals surface area contributed by atoms with Crippen LogP contribution in [0, 0.1) is 23.6 Å². The Morgan fingerprint density at radius 2 is 1.77 bits per heavy atom. The fraction of sp³-hybridized carbons (Fsp3) is 0.621. The highest BCUT2D eigenvalue weighted by Crippen LogP contribution is 2.41. The third-order valence-corrected chi connectivity index (χ3v) is 7.51. The Labute approximate surface area is 189 Å². The Balaban J connectivity index is 1.65. The van der Waals surface area contributed by atoms with E-state index in [1.807, 2.05) is 24.4 Å². The van der Waals surface area contributed by atoms with Crippen molar-refractivity contribution < 1.29 is 4.39 Å². The highest BCUT2D eigenvalue weighted by atomic mass is 19.1. The molecule has 0 amide bonds. The molecule has 3 rings (SSSR count). The van der Waals surface area contributed by atoms with Crippen molar-refractivity contribution in [2.24, 2.45) is 17.8 Å². The normalized spacial score (nSPS) is 20.0. The zero-order valence-electron chi connectivity index (χ0n) is 20.0. The summed E-state index contributed by atoms with van der Waals surface area (Å²) in [4.78, 5) is 4.46. The maximum absolute atomic E-state index is 14.9. The van der Waals surface area contributed by atoms with Crippen LogP contribution in [-0.4, -0.2) is 4.98 Å². The van der Waals surface area contributed by atoms with E-state index in [0.717, 1.165) is 41.9 Å². The Kier molecular flexibility index (Phi) is 9.55. The number of aromatic nitrogens is 1. The van der Waals surface area contributed by atoms with E-state index < -0.39 is 0 Å². The van der Waals surface area contributed by atoms with E-state index in [1.165, 1.54) is 69.8 Å². The molecule has 0 spiro atoms. The predicted octanol–water partition coefficient (Wildman–Crippen LogP) is 8.80. The molecule has 2 heteroatoms. The summed E-state index contributed by atoms with van der Waals surface area (Å²) < 4.78 is 14.9. The van der Waals surface area contributed by atoms with Crippen LogP contribution in [0.25, 0.3) is 11.3 Å². The highest BCUT2D eigenvalue weighted by Gasteiger charge is 2.30. The van der Waals surface area contributed by atoms with E-state index in [2.05, 4.69) is 31.8 Å². The van der Waals surface area contributed by atoms with E-state index in [4.69, 9.17) is 0 Å². The molecule has 0 N–H and O–H groups in total. The second-order valence-corrected chi connectivity index (χ2v) is 9.66. The fourth-order valence-electron chi connectivity index (χ4n) is 5.69. The van der Waals surface area contributed by atoms with E-state index in [1.54, 1.807) is 6.07 Å². The molecular formula is C29H42FN. The predicted molar refractivity (Wildman–Crippen MR) is 131 cm³/mol. The molecule has 0 saturated heterocycles. The number of hydrogen-bond acceptors (Lipinski definition) is 1. The summed E-state index contributed by atoms with van der Waals surface area (Å²) in [7, 11) is 0. The van der Waals surface area contributed by atoms with Crippen molar-refractivity contribution in [1.29, 1.82) is 0 Å². The molecule has 1 saturated carbocycles. The topological polar surface area (TPSA) is 12.9 Å². The van der Waals surface area contributed by atoms with Gasteiger partial charge < -0.3 is 0 Å². The first-order valence-corrected chi connectivity index (χ1v) is 12.9. The molecule has 1 unspecified atom stereocenters. The van der Waals surface area contributed by atoms with Crippen LogP contribution < -0.4 is 0 Å². The van der Waals surface area contributed by atoms with Crippen molar-refractivity contribution >= 4 is 0 Å². The minimum absolute atomic E-state index is 0.138. The largest absolute Gasteiger partial charge is 0.256 e. The maximum atomic E-state index is 14.9. The Morgan fingerprint density at radius 3 is 2.45 bits per heavy atom. The summed E-state index contributed by atoms with van der Waals surface area (Å²) >= 11 is 0. The molecule has 0 radical (unpaired) electrons. The van der Waals surface area contributed by atoms with Crippen molar-refractivity contribution in [1.82, 2.24) is 4.98 Å². The quantitative estimate of drug-likeness (QED) is 0.352. The van der Waals surface area contributed by atoms with Crippen molar-refractivity contribution in [3.8, 4) is 11.3 Å². The number of rotatable bonds is 11. The molecule has 3 atom stereocenters. The lowest BCUT2D eigenvalue weighted by Crippen LogP contribution is -2.27. The van der Waals surface area contributed by atoms with E-state index >= 15 is 0 Å². The molecule has 1 aliphatic rings. The first-order chi connectivity index (χ1) is 15.2. The minimum atomic E-state index is -0.138. The van der Waals surface area contributed by atoms with Crippen LogP contribution in [-0.2, 0) is 12.8 Å². The molecule has 1 fully saturated rings. The van der Waals surface area contributed by atoms with Crippen LogP contribution in [0.3, 0.4) is 0 Å². The fourth-order valence-corrected chi connectivity index (χ4v) is 5.69. The molecule has 0 bridgehead atoms. The third-order valence-electron chi connectivity index (χ3n) is 7.51. The smallest absolute Gasteiger partial charge is 0.132 e. The molecule has 31 heavy (non-hydrogen) atoms. The summed E-state index contributed by atoms with van der Waals surface area (Å²) in [6, 6.07) is 9.78. The van der Waals surface area contributed by atoms with Crippen LogP contribution >= 0.6 is 0 Å². The van der Waals surface area contributed by atoms with Crippen LogP contribution in [0.5, 0.6) is 0 Å². The number of nitrogens with zero attached hydrogens (tertiary/aromatic N) is 1. The van der Waals surface area contributed by atoms with Gasteiger partial charge in [-0.2, -0.15) is 0 Å². The molecule has 1 aromatic carbocycles. The van der Waals surface area contributed by atoms with Crippen molar-refractivity contribution in [2.45, 2.75) is 97.8 Å². The standard InChI is InChI=1S/C29H42FN/c1-4-7-11-24(10-5-2)26-13-9-8-12-25(26)17-14-23-15-18-27(28(30)20-23)29-19-16-22(6-3)21-31-29/h15-16,18-21,24-26H,4-14,17H2,1-3H3/t24?,25-,26-/m0/s1. The van der Waals surface area contributed by atoms with Gasteiger partial charge in [0.25, 0.3) is 0 Å². The second kappa shape index (κ2) is 12.4. The zero-order chi connectivity index (χ0) is 22.1. The molecule has 1 heterocycles. The Morgan fingerprint density at radius 1 is 0.968 bits per heavy atom. The van der Waals surface area contributed by atoms with Gasteiger partial charge >= 0.3 is 0 Å². The lowest BCUT2D eigenvalue weighted by atomic mass is 9.68. The molecule has 2 aromatic rings. The van der Waals surface area contributed by atoms with Crippen molar-refractivity contribution in [3.05, 3.63) is 53.5 Å². The lowest BCUT2D eigenvalue weighted by Gasteiger charge is -2.38. The van der Waals surface area contributed by atoms with Gasteiger partial charge in [0.1, 0.15) is 5.82 Å². The number of unbranched alkanes of at least 4 members (excludes halogenated alkanes) is 1. The monoisotopic (exact) mass is 423 g/mol. The molecule has 0 aliphatic heterocycles. The van der Waals surface area contributed by atoms with Gasteiger partial charge in [-0.25, -0.2) is 4.39 Å². The average Bonchev–Trinajstić information content (AvgIpc) is 2.81. The number of halogens is 1. The van der Waals surface area contributed by atoms with Crippen LogP contribution in [0.1, 0.15) is 96.1 Å². The molecular weight excluding hydrogens is 381 g/mol. The lowest BCUT2D eigenvalue weighted by molar-refractivity contribution is 0.135. The Hall–Kier alpha value is -1.70. The van der Waals surface area contributed by atoms with Gasteiger partial charge in [0.05, 0.1) is 5.69 Å². The average molecular weight is 424 g/mol. The van der Waals surface area contributed by atoms with Gasteiger partial charge in [-0.3, -0.25) is 4.98 Å². The number of benzene rings is 1. The summed E-state index contributed by atoms with van der Waals surface area (Å²) in [6.07, 6.45) is 17.3. The van der Waals surface area contributed by atoms with E-state index in [9.17, 15) is 4.39 Å². The zero-order valence-corrected chi connectivity index (χ0v) is 20.0. The number of aryl methyl sites for hydroxylation is 2. The van der Waals surface area contributed by atoms with Gasteiger partial charge in [-0.05, 0) is 72.8 Å². The molecule has 170 valence electrons. The van der Waals surface area contributed by atoms with Gasteiger partial charge in [0.2, 0.25) is 0 Å². The summed E-state index contributed by atoms with van der Waals surface area (Å²) in [5.41, 5.74) is 3.66. The van der Waals surface area contributed by atoms with Crippen LogP contribution in [0.4, 0.5) is 4.39 Å². The molecule has 1 aliphatic carbocycles. The first kappa shape index (κ1) is 24.0. The van der Waals surface area contributed by atoms with Gasteiger partial charge in [0.15, 0.2) is 0 Å².